The molecule has 5 nitrogen and oxygen atoms in total. The fourth-order valence-electron chi connectivity index (χ4n) is 0.981. The maximum Gasteiger partial charge on any atom is 0.145 e. The summed E-state index contributed by atoms with van der Waals surface area (Å²) >= 11 is 3.17. The number of nitrogens with zero attached hydrogens (tertiary/aromatic N) is 1. The van der Waals surface area contributed by atoms with Crippen molar-refractivity contribution in [2.75, 3.05) is 11.1 Å². The van der Waals surface area contributed by atoms with Crippen LogP contribution in [0.1, 0.15) is 18.2 Å². The maximum absolute atomic E-state index is 9.54. The van der Waals surface area contributed by atoms with Crippen LogP contribution in [0, 0.1) is 0 Å². The first-order valence-corrected chi connectivity index (χ1v) is 5.00. The van der Waals surface area contributed by atoms with Crippen LogP contribution >= 0.6 is 15.9 Å². The quantitative estimate of drug-likeness (QED) is 0.573. The number of rotatable bonds is 4. The number of halogens is 1. The van der Waals surface area contributed by atoms with E-state index >= 15 is 0 Å². The Morgan fingerprint density at radius 2 is 2.31 bits per heavy atom. The van der Waals surface area contributed by atoms with Gasteiger partial charge in [0.05, 0.1) is 11.8 Å². The largest absolute Gasteiger partial charge is 0.390 e. The molecular weight excluding hydrogens is 238 g/mol. The summed E-state index contributed by atoms with van der Waals surface area (Å²) in [6.45, 7) is 0. The molecule has 0 saturated heterocycles. The zero-order valence-electron chi connectivity index (χ0n) is 6.94. The van der Waals surface area contributed by atoms with Gasteiger partial charge in [0.1, 0.15) is 11.9 Å². The van der Waals surface area contributed by atoms with Crippen molar-refractivity contribution < 1.29 is 10.2 Å². The van der Waals surface area contributed by atoms with E-state index in [1.54, 1.807) is 0 Å². The predicted molar refractivity (Wildman–Crippen MR) is 52.4 cm³/mol. The van der Waals surface area contributed by atoms with Gasteiger partial charge in [0.25, 0.3) is 0 Å². The first-order valence-electron chi connectivity index (χ1n) is 3.88. The Balaban J connectivity index is 2.61. The van der Waals surface area contributed by atoms with E-state index in [0.29, 0.717) is 23.3 Å². The lowest BCUT2D eigenvalue weighted by atomic mass is 10.1. The summed E-state index contributed by atoms with van der Waals surface area (Å²) < 4.78 is 0. The molecule has 0 aromatic carbocycles. The van der Waals surface area contributed by atoms with E-state index in [1.165, 1.54) is 6.07 Å². The number of aliphatic hydroxyl groups excluding tert-OH is 2. The summed E-state index contributed by atoms with van der Waals surface area (Å²) in [5, 5.41) is 25.8. The van der Waals surface area contributed by atoms with Gasteiger partial charge >= 0.3 is 0 Å². The third-order valence-electron chi connectivity index (χ3n) is 1.71. The van der Waals surface area contributed by atoms with Crippen LogP contribution < -0.4 is 5.73 Å². The summed E-state index contributed by atoms with van der Waals surface area (Å²) in [5.74, 6) is 0.306. The number of aromatic nitrogens is 2. The van der Waals surface area contributed by atoms with Gasteiger partial charge in [-0.15, -0.1) is 0 Å². The summed E-state index contributed by atoms with van der Waals surface area (Å²) in [4.78, 5) is 0. The molecule has 0 aliphatic carbocycles. The second-order valence-electron chi connectivity index (χ2n) is 2.74. The Bertz CT molecular complexity index is 266. The third-order valence-corrected chi connectivity index (χ3v) is 2.16. The van der Waals surface area contributed by atoms with E-state index in [-0.39, 0.29) is 0 Å². The minimum atomic E-state index is -0.956. The molecule has 0 fully saturated rings. The standard InChI is InChI=1S/C7H12BrN3O2/c8-2-1-5(12)7(13)4-3-6(9)11-10-4/h3,5,7,12-13H,1-2H2,(H3,9,10,11). The van der Waals surface area contributed by atoms with Crippen LogP contribution in [0.3, 0.4) is 0 Å². The van der Waals surface area contributed by atoms with E-state index in [9.17, 15) is 10.2 Å². The van der Waals surface area contributed by atoms with Gasteiger partial charge in [-0.2, -0.15) is 5.10 Å². The van der Waals surface area contributed by atoms with Crippen LogP contribution in [0.2, 0.25) is 0 Å². The van der Waals surface area contributed by atoms with Gasteiger partial charge in [0, 0.05) is 11.4 Å². The highest BCUT2D eigenvalue weighted by Crippen LogP contribution is 2.18. The van der Waals surface area contributed by atoms with Crippen molar-refractivity contribution in [2.45, 2.75) is 18.6 Å². The van der Waals surface area contributed by atoms with Gasteiger partial charge in [-0.05, 0) is 6.42 Å². The Labute approximate surface area is 84.1 Å². The van der Waals surface area contributed by atoms with E-state index in [0.717, 1.165) is 0 Å². The monoisotopic (exact) mass is 249 g/mol. The second kappa shape index (κ2) is 4.59. The molecular formula is C7H12BrN3O2. The number of hydrogen-bond donors (Lipinski definition) is 4. The molecule has 0 saturated carbocycles. The Kier molecular flexibility index (Phi) is 3.71. The average Bonchev–Trinajstić information content (AvgIpc) is 2.51. The Hall–Kier alpha value is -0.590. The van der Waals surface area contributed by atoms with E-state index < -0.39 is 12.2 Å². The molecule has 0 spiro atoms. The molecule has 1 heterocycles. The molecule has 2 atom stereocenters. The van der Waals surface area contributed by atoms with Gasteiger partial charge in [-0.1, -0.05) is 15.9 Å². The molecule has 1 rings (SSSR count). The van der Waals surface area contributed by atoms with Crippen molar-refractivity contribution in [2.24, 2.45) is 0 Å². The Morgan fingerprint density at radius 3 is 2.77 bits per heavy atom. The predicted octanol–water partition coefficient (Wildman–Crippen LogP) is 0.171. The highest BCUT2D eigenvalue weighted by molar-refractivity contribution is 9.09. The highest BCUT2D eigenvalue weighted by atomic mass is 79.9. The highest BCUT2D eigenvalue weighted by Gasteiger charge is 2.19. The molecule has 0 aliphatic rings. The smallest absolute Gasteiger partial charge is 0.145 e. The average molecular weight is 250 g/mol. The zero-order chi connectivity index (χ0) is 9.84. The number of anilines is 1. The zero-order valence-corrected chi connectivity index (χ0v) is 8.53. The first kappa shape index (κ1) is 10.5. The normalized spacial score (nSPS) is 15.6. The van der Waals surface area contributed by atoms with Gasteiger partial charge < -0.3 is 15.9 Å². The summed E-state index contributed by atoms with van der Waals surface area (Å²) in [5.41, 5.74) is 5.78. The first-order chi connectivity index (χ1) is 6.15. The van der Waals surface area contributed by atoms with Gasteiger partial charge in [-0.25, -0.2) is 0 Å². The number of alkyl halides is 1. The summed E-state index contributed by atoms with van der Waals surface area (Å²) in [7, 11) is 0. The van der Waals surface area contributed by atoms with Gasteiger partial charge in [-0.3, -0.25) is 5.10 Å². The molecule has 5 N–H and O–H groups in total. The van der Waals surface area contributed by atoms with Crippen molar-refractivity contribution in [1.29, 1.82) is 0 Å². The van der Waals surface area contributed by atoms with Crippen molar-refractivity contribution in [3.63, 3.8) is 0 Å². The van der Waals surface area contributed by atoms with Crippen molar-refractivity contribution in [1.82, 2.24) is 10.2 Å². The fraction of sp³-hybridized carbons (Fsp3) is 0.571. The molecule has 0 aliphatic heterocycles. The number of aromatic amines is 1. The SMILES string of the molecule is Nc1cc(C(O)C(O)CCBr)[nH]n1. The molecule has 0 bridgehead atoms. The third kappa shape index (κ3) is 2.68. The molecule has 74 valence electrons. The molecule has 1 aromatic heterocycles. The second-order valence-corrected chi connectivity index (χ2v) is 3.53. The van der Waals surface area contributed by atoms with Crippen LogP contribution in [-0.4, -0.2) is 31.8 Å². The van der Waals surface area contributed by atoms with E-state index in [1.807, 2.05) is 0 Å². The number of nitrogens with two attached hydrogens (primary N) is 1. The molecule has 13 heavy (non-hydrogen) atoms. The minimum Gasteiger partial charge on any atom is -0.390 e. The molecule has 2 unspecified atom stereocenters. The maximum atomic E-state index is 9.54. The fourth-order valence-corrected chi connectivity index (χ4v) is 1.45. The number of H-pyrrole nitrogens is 1. The van der Waals surface area contributed by atoms with Crippen LogP contribution in [0.5, 0.6) is 0 Å². The van der Waals surface area contributed by atoms with Crippen molar-refractivity contribution in [3.8, 4) is 0 Å². The summed E-state index contributed by atoms with van der Waals surface area (Å²) in [6, 6.07) is 1.50. The van der Waals surface area contributed by atoms with Crippen LogP contribution in [0.15, 0.2) is 6.07 Å². The van der Waals surface area contributed by atoms with Gasteiger partial charge in [0.15, 0.2) is 0 Å². The van der Waals surface area contributed by atoms with Crippen LogP contribution in [0.25, 0.3) is 0 Å². The minimum absolute atomic E-state index is 0.306. The molecule has 0 amide bonds. The van der Waals surface area contributed by atoms with E-state index in [2.05, 4.69) is 26.1 Å². The number of nitrogen functional groups attached to an aromatic ring is 1. The number of hydrogen-bond acceptors (Lipinski definition) is 4. The van der Waals surface area contributed by atoms with Gasteiger partial charge in [0.2, 0.25) is 0 Å². The van der Waals surface area contributed by atoms with Crippen molar-refractivity contribution in [3.05, 3.63) is 11.8 Å². The number of aliphatic hydroxyl groups is 2. The molecule has 0 radical (unpaired) electrons. The topological polar surface area (TPSA) is 95.2 Å². The lowest BCUT2D eigenvalue weighted by molar-refractivity contribution is 0.0148. The molecule has 1 aromatic rings. The lowest BCUT2D eigenvalue weighted by Gasteiger charge is -2.14. The molecule has 6 heteroatoms. The van der Waals surface area contributed by atoms with Crippen LogP contribution in [0.4, 0.5) is 5.82 Å². The van der Waals surface area contributed by atoms with Crippen LogP contribution in [-0.2, 0) is 0 Å². The summed E-state index contributed by atoms with van der Waals surface area (Å²) in [6.07, 6.45) is -1.29. The Morgan fingerprint density at radius 1 is 1.62 bits per heavy atom. The van der Waals surface area contributed by atoms with Crippen molar-refractivity contribution >= 4 is 21.7 Å². The lowest BCUT2D eigenvalue weighted by Crippen LogP contribution is -2.18. The van der Waals surface area contributed by atoms with E-state index in [4.69, 9.17) is 5.73 Å². The number of nitrogens with one attached hydrogen (secondary N) is 1.